The molecule has 0 aliphatic rings. The summed E-state index contributed by atoms with van der Waals surface area (Å²) < 4.78 is 5.14. The molecule has 0 fully saturated rings. The number of benzene rings is 2. The average molecular weight is 211 g/mol. The molecule has 78 valence electrons. The van der Waals surface area contributed by atoms with Gasteiger partial charge in [0, 0.05) is 6.07 Å². The van der Waals surface area contributed by atoms with Gasteiger partial charge in [-0.25, -0.2) is 0 Å². The van der Waals surface area contributed by atoms with Gasteiger partial charge in [0.05, 0.1) is 7.11 Å². The third-order valence-corrected chi connectivity index (χ3v) is 2.39. The van der Waals surface area contributed by atoms with E-state index in [-0.39, 0.29) is 0 Å². The molecule has 0 amide bonds. The van der Waals surface area contributed by atoms with Crippen LogP contribution < -0.4 is 4.74 Å². The van der Waals surface area contributed by atoms with Gasteiger partial charge in [-0.15, -0.1) is 0 Å². The summed E-state index contributed by atoms with van der Waals surface area (Å²) in [6.07, 6.45) is 0. The summed E-state index contributed by atoms with van der Waals surface area (Å²) in [4.78, 5) is 3.15. The van der Waals surface area contributed by atoms with Crippen molar-refractivity contribution in [2.45, 2.75) is 0 Å². The molecule has 0 N–H and O–H groups in total. The molecule has 0 radical (unpaired) electrons. The number of nitrogens with zero attached hydrogens (tertiary/aromatic N) is 2. The largest absolute Gasteiger partial charge is 0.489 e. The molecule has 0 aliphatic heterocycles. The molecule has 0 aliphatic carbocycles. The zero-order chi connectivity index (χ0) is 11.4. The van der Waals surface area contributed by atoms with Crippen LogP contribution in [0.3, 0.4) is 0 Å². The minimum Gasteiger partial charge on any atom is -0.489 e. The molecule has 2 aromatic rings. The second kappa shape index (κ2) is 4.45. The number of ether oxygens (including phenoxy) is 1. The van der Waals surface area contributed by atoms with Crippen molar-refractivity contribution in [1.29, 1.82) is 5.39 Å². The summed E-state index contributed by atoms with van der Waals surface area (Å²) in [7, 11) is 1.55. The van der Waals surface area contributed by atoms with Gasteiger partial charge < -0.3 is 4.74 Å². The van der Waals surface area contributed by atoms with Crippen LogP contribution in [-0.2, 0) is 0 Å². The molecule has 0 aromatic heterocycles. The monoisotopic (exact) mass is 211 g/mol. The fourth-order valence-electron chi connectivity index (χ4n) is 1.57. The fourth-order valence-corrected chi connectivity index (χ4v) is 1.57. The summed E-state index contributed by atoms with van der Waals surface area (Å²) in [6, 6.07) is 15.4. The molecule has 0 saturated heterocycles. The van der Waals surface area contributed by atoms with E-state index < -0.39 is 0 Å². The molecule has 16 heavy (non-hydrogen) atoms. The van der Waals surface area contributed by atoms with Crippen molar-refractivity contribution in [1.82, 2.24) is 0 Å². The number of hydrogen-bond acceptors (Lipinski definition) is 2. The van der Waals surface area contributed by atoms with Gasteiger partial charge in [0.1, 0.15) is 0 Å². The minimum absolute atomic E-state index is 0.433. The maximum absolute atomic E-state index is 8.76. The van der Waals surface area contributed by atoms with Crippen LogP contribution in [0.1, 0.15) is 0 Å². The predicted molar refractivity (Wildman–Crippen MR) is 63.2 cm³/mol. The van der Waals surface area contributed by atoms with Crippen LogP contribution in [0.5, 0.6) is 5.75 Å². The van der Waals surface area contributed by atoms with E-state index in [1.165, 1.54) is 0 Å². The van der Waals surface area contributed by atoms with Gasteiger partial charge in [0.2, 0.25) is 11.1 Å². The van der Waals surface area contributed by atoms with Gasteiger partial charge in [-0.3, -0.25) is 0 Å². The van der Waals surface area contributed by atoms with Crippen LogP contribution in [0, 0.1) is 5.39 Å². The molecule has 0 unspecified atom stereocenters. The highest BCUT2D eigenvalue weighted by Crippen LogP contribution is 2.32. The van der Waals surface area contributed by atoms with Gasteiger partial charge in [-0.05, 0) is 23.3 Å². The maximum Gasteiger partial charge on any atom is 0.426 e. The van der Waals surface area contributed by atoms with Crippen molar-refractivity contribution in [2.24, 2.45) is 0 Å². The molecule has 0 atom stereocenters. The Morgan fingerprint density at radius 1 is 1.00 bits per heavy atom. The number of hydrogen-bond donors (Lipinski definition) is 0. The van der Waals surface area contributed by atoms with E-state index in [0.29, 0.717) is 11.4 Å². The van der Waals surface area contributed by atoms with Gasteiger partial charge >= 0.3 is 5.69 Å². The topological polar surface area (TPSA) is 37.4 Å². The first-order chi connectivity index (χ1) is 7.85. The van der Waals surface area contributed by atoms with E-state index >= 15 is 0 Å². The van der Waals surface area contributed by atoms with E-state index in [1.54, 1.807) is 13.2 Å². The van der Waals surface area contributed by atoms with Crippen LogP contribution in [0.25, 0.3) is 16.1 Å². The highest BCUT2D eigenvalue weighted by molar-refractivity contribution is 5.71. The Bertz CT molecular complexity index is 529. The molecule has 0 saturated carbocycles. The van der Waals surface area contributed by atoms with Crippen molar-refractivity contribution in [3.05, 3.63) is 53.5 Å². The third-order valence-electron chi connectivity index (χ3n) is 2.39. The maximum atomic E-state index is 8.76. The van der Waals surface area contributed by atoms with E-state index in [9.17, 15) is 0 Å². The van der Waals surface area contributed by atoms with Crippen LogP contribution in [0.15, 0.2) is 48.5 Å². The van der Waals surface area contributed by atoms with Gasteiger partial charge in [0.15, 0.2) is 4.98 Å². The lowest BCUT2D eigenvalue weighted by Gasteiger charge is -2.02. The molecule has 2 aromatic carbocycles. The Morgan fingerprint density at radius 2 is 1.75 bits per heavy atom. The lowest BCUT2D eigenvalue weighted by Crippen LogP contribution is -1.84. The highest BCUT2D eigenvalue weighted by atomic mass is 16.5. The zero-order valence-corrected chi connectivity index (χ0v) is 8.92. The van der Waals surface area contributed by atoms with Crippen LogP contribution in [0.4, 0.5) is 5.69 Å². The minimum atomic E-state index is 0.433. The van der Waals surface area contributed by atoms with E-state index in [4.69, 9.17) is 10.1 Å². The molecule has 2 rings (SSSR count). The summed E-state index contributed by atoms with van der Waals surface area (Å²) in [5.41, 5.74) is 2.57. The molecule has 0 heterocycles. The molecular formula is C13H11N2O+. The summed E-state index contributed by atoms with van der Waals surface area (Å²) in [5.74, 6) is 0.559. The van der Waals surface area contributed by atoms with Crippen LogP contribution >= 0.6 is 0 Å². The normalized spacial score (nSPS) is 9.50. The molecule has 3 nitrogen and oxygen atoms in total. The first-order valence-corrected chi connectivity index (χ1v) is 4.93. The zero-order valence-electron chi connectivity index (χ0n) is 8.92. The predicted octanol–water partition coefficient (Wildman–Crippen LogP) is 3.85. The molecule has 0 spiro atoms. The summed E-state index contributed by atoms with van der Waals surface area (Å²) >= 11 is 0. The van der Waals surface area contributed by atoms with E-state index in [1.807, 2.05) is 42.5 Å². The van der Waals surface area contributed by atoms with Crippen LogP contribution in [0.2, 0.25) is 0 Å². The number of rotatable bonds is 2. The Morgan fingerprint density at radius 3 is 2.38 bits per heavy atom. The first-order valence-electron chi connectivity index (χ1n) is 4.93. The van der Waals surface area contributed by atoms with Crippen molar-refractivity contribution in [3.63, 3.8) is 0 Å². The van der Waals surface area contributed by atoms with Gasteiger partial charge in [0.25, 0.3) is 0 Å². The van der Waals surface area contributed by atoms with Crippen molar-refractivity contribution < 1.29 is 4.74 Å². The second-order valence-electron chi connectivity index (χ2n) is 3.35. The van der Waals surface area contributed by atoms with Crippen molar-refractivity contribution in [2.75, 3.05) is 7.11 Å². The SMILES string of the molecule is COc1cc(-c2ccccc2)ccc1[N+]#N. The first kappa shape index (κ1) is 10.2. The van der Waals surface area contributed by atoms with Crippen molar-refractivity contribution in [3.8, 4) is 16.9 Å². The standard InChI is InChI=1S/C13H11N2O/c1-16-13-9-11(7-8-12(13)15-14)10-5-3-2-4-6-10/h2-9H,1H3/q+1. The van der Waals surface area contributed by atoms with Gasteiger partial charge in [-0.2, -0.15) is 0 Å². The van der Waals surface area contributed by atoms with Crippen LogP contribution in [-0.4, -0.2) is 7.11 Å². The quantitative estimate of drug-likeness (QED) is 0.707. The average Bonchev–Trinajstić information content (AvgIpc) is 2.39. The Kier molecular flexibility index (Phi) is 2.84. The Balaban J connectivity index is 2.49. The van der Waals surface area contributed by atoms with E-state index in [2.05, 4.69) is 4.98 Å². The fraction of sp³-hybridized carbons (Fsp3) is 0.0769. The number of diazo groups is 1. The number of methoxy groups -OCH3 is 1. The lowest BCUT2D eigenvalue weighted by molar-refractivity contribution is 0.417. The Labute approximate surface area is 93.9 Å². The lowest BCUT2D eigenvalue weighted by atomic mass is 10.1. The highest BCUT2D eigenvalue weighted by Gasteiger charge is 2.14. The smallest absolute Gasteiger partial charge is 0.426 e. The molecular weight excluding hydrogens is 200 g/mol. The second-order valence-corrected chi connectivity index (χ2v) is 3.35. The van der Waals surface area contributed by atoms with Crippen molar-refractivity contribution >= 4 is 5.69 Å². The summed E-state index contributed by atoms with van der Waals surface area (Å²) in [6.45, 7) is 0. The third kappa shape index (κ3) is 1.86. The van der Waals surface area contributed by atoms with E-state index in [0.717, 1.165) is 11.1 Å². The molecule has 0 bridgehead atoms. The summed E-state index contributed by atoms with van der Waals surface area (Å²) in [5, 5.41) is 8.76. The van der Waals surface area contributed by atoms with Gasteiger partial charge in [-0.1, -0.05) is 30.3 Å². The Hall–Kier alpha value is -2.34. The molecule has 3 heteroatoms.